The maximum Gasteiger partial charge on any atom is 0.164 e. The van der Waals surface area contributed by atoms with Gasteiger partial charge in [-0.05, 0) is 48.5 Å². The van der Waals surface area contributed by atoms with Crippen molar-refractivity contribution in [3.8, 4) is 39.9 Å². The Balaban J connectivity index is 1.37. The predicted molar refractivity (Wildman–Crippen MR) is 156 cm³/mol. The summed E-state index contributed by atoms with van der Waals surface area (Å²) < 4.78 is 3.22. The molecule has 0 fully saturated rings. The van der Waals surface area contributed by atoms with Gasteiger partial charge in [-0.15, -0.1) is 0 Å². The minimum absolute atomic E-state index is 0.632. The van der Waals surface area contributed by atoms with E-state index in [1.165, 1.54) is 0 Å². The predicted octanol–water partition coefficient (Wildman–Crippen LogP) is 8.13. The molecule has 6 heteroatoms. The number of hydrogen-bond acceptors (Lipinski definition) is 4. The van der Waals surface area contributed by atoms with Crippen molar-refractivity contribution < 1.29 is 0 Å². The van der Waals surface area contributed by atoms with E-state index >= 15 is 0 Å². The zero-order valence-corrected chi connectivity index (χ0v) is 21.7. The van der Waals surface area contributed by atoms with E-state index in [1.807, 2.05) is 72.9 Å². The van der Waals surface area contributed by atoms with Crippen LogP contribution in [0.2, 0.25) is 0 Å². The van der Waals surface area contributed by atoms with E-state index in [0.717, 1.165) is 48.8 Å². The second kappa shape index (κ2) is 9.32. The second-order valence-corrected chi connectivity index (χ2v) is 9.87. The molecule has 0 radical (unpaired) electrons. The molecule has 3 heterocycles. The zero-order chi connectivity index (χ0) is 25.5. The van der Waals surface area contributed by atoms with Crippen molar-refractivity contribution >= 4 is 37.9 Å². The number of pyridine rings is 1. The van der Waals surface area contributed by atoms with E-state index in [-0.39, 0.29) is 0 Å². The highest BCUT2D eigenvalue weighted by Crippen LogP contribution is 2.33. The van der Waals surface area contributed by atoms with Crippen LogP contribution in [0.1, 0.15) is 0 Å². The summed E-state index contributed by atoms with van der Waals surface area (Å²) in [5.74, 6) is 1.93. The molecule has 0 saturated heterocycles. The van der Waals surface area contributed by atoms with Crippen molar-refractivity contribution in [3.05, 3.63) is 126 Å². The van der Waals surface area contributed by atoms with Crippen molar-refractivity contribution in [2.24, 2.45) is 0 Å². The van der Waals surface area contributed by atoms with Gasteiger partial charge in [0.1, 0.15) is 5.65 Å². The summed E-state index contributed by atoms with van der Waals surface area (Å²) in [5.41, 5.74) is 5.86. The lowest BCUT2D eigenvalue weighted by Crippen LogP contribution is -2.00. The molecule has 180 valence electrons. The normalized spacial score (nSPS) is 11.3. The first kappa shape index (κ1) is 22.5. The lowest BCUT2D eigenvalue weighted by Gasteiger charge is -2.10. The maximum absolute atomic E-state index is 4.86. The van der Waals surface area contributed by atoms with Crippen LogP contribution < -0.4 is 0 Å². The highest BCUT2D eigenvalue weighted by Gasteiger charge is 2.15. The molecule has 0 aliphatic rings. The average molecular weight is 554 g/mol. The first-order chi connectivity index (χ1) is 18.7. The Hall–Kier alpha value is -4.68. The van der Waals surface area contributed by atoms with Gasteiger partial charge < -0.3 is 0 Å². The van der Waals surface area contributed by atoms with Gasteiger partial charge in [0, 0.05) is 43.8 Å². The van der Waals surface area contributed by atoms with Crippen molar-refractivity contribution in [3.63, 3.8) is 0 Å². The molecule has 0 aliphatic heterocycles. The van der Waals surface area contributed by atoms with Gasteiger partial charge in [0.2, 0.25) is 0 Å². The molecule has 3 aromatic heterocycles. The lowest BCUT2D eigenvalue weighted by atomic mass is 10.1. The molecule has 0 spiro atoms. The number of fused-ring (bicyclic) bond motifs is 3. The standard InChI is InChI=1S/C32H20BrN5/c33-24-15-18-26-27-12-7-19-34-32(27)38(28(26)20-24)25-16-13-23(14-17-25)31-36-29(21-8-3-1-4-9-21)35-30(37-31)22-10-5-2-6-11-22/h1-20H. The third-order valence-electron chi connectivity index (χ3n) is 6.57. The van der Waals surface area contributed by atoms with Gasteiger partial charge in [-0.25, -0.2) is 19.9 Å². The van der Waals surface area contributed by atoms with Gasteiger partial charge in [-0.3, -0.25) is 4.57 Å². The molecule has 0 bridgehead atoms. The van der Waals surface area contributed by atoms with Gasteiger partial charge in [0.25, 0.3) is 0 Å². The van der Waals surface area contributed by atoms with Crippen LogP contribution in [0.25, 0.3) is 61.8 Å². The molecule has 4 aromatic carbocycles. The van der Waals surface area contributed by atoms with Crippen molar-refractivity contribution in [2.45, 2.75) is 0 Å². The fraction of sp³-hybridized carbons (Fsp3) is 0. The summed E-state index contributed by atoms with van der Waals surface area (Å²) in [7, 11) is 0. The van der Waals surface area contributed by atoms with Gasteiger partial charge >= 0.3 is 0 Å². The smallest absolute Gasteiger partial charge is 0.164 e. The average Bonchev–Trinajstić information content (AvgIpc) is 3.31. The van der Waals surface area contributed by atoms with E-state index in [2.05, 4.69) is 69.0 Å². The van der Waals surface area contributed by atoms with E-state index in [9.17, 15) is 0 Å². The van der Waals surface area contributed by atoms with Crippen LogP contribution in [-0.2, 0) is 0 Å². The minimum Gasteiger partial charge on any atom is -0.294 e. The quantitative estimate of drug-likeness (QED) is 0.221. The monoisotopic (exact) mass is 553 g/mol. The summed E-state index contributed by atoms with van der Waals surface area (Å²) >= 11 is 3.63. The third-order valence-corrected chi connectivity index (χ3v) is 7.07. The molecule has 0 amide bonds. The van der Waals surface area contributed by atoms with Gasteiger partial charge in [0.15, 0.2) is 17.5 Å². The second-order valence-electron chi connectivity index (χ2n) is 8.96. The van der Waals surface area contributed by atoms with Crippen LogP contribution in [0.4, 0.5) is 0 Å². The number of rotatable bonds is 4. The summed E-state index contributed by atoms with van der Waals surface area (Å²) in [6.45, 7) is 0. The molecule has 5 nitrogen and oxygen atoms in total. The minimum atomic E-state index is 0.632. The van der Waals surface area contributed by atoms with Crippen molar-refractivity contribution in [2.75, 3.05) is 0 Å². The Kier molecular flexibility index (Phi) is 5.52. The van der Waals surface area contributed by atoms with Crippen LogP contribution in [-0.4, -0.2) is 24.5 Å². The van der Waals surface area contributed by atoms with Gasteiger partial charge in [-0.1, -0.05) is 82.7 Å². The highest BCUT2D eigenvalue weighted by molar-refractivity contribution is 9.10. The number of benzene rings is 4. The number of hydrogen-bond donors (Lipinski definition) is 0. The van der Waals surface area contributed by atoms with Crippen LogP contribution >= 0.6 is 15.9 Å². The van der Waals surface area contributed by atoms with E-state index in [1.54, 1.807) is 0 Å². The maximum atomic E-state index is 4.86. The Morgan fingerprint density at radius 3 is 1.71 bits per heavy atom. The number of halogens is 1. The summed E-state index contributed by atoms with van der Waals surface area (Å²) in [6.07, 6.45) is 1.84. The highest BCUT2D eigenvalue weighted by atomic mass is 79.9. The van der Waals surface area contributed by atoms with Crippen LogP contribution in [0.15, 0.2) is 126 Å². The molecule has 7 rings (SSSR count). The number of aromatic nitrogens is 5. The molecule has 0 unspecified atom stereocenters. The molecule has 0 saturated carbocycles. The van der Waals surface area contributed by atoms with Gasteiger partial charge in [-0.2, -0.15) is 0 Å². The summed E-state index contributed by atoms with van der Waals surface area (Å²) in [6, 6.07) is 38.8. The van der Waals surface area contributed by atoms with Crippen molar-refractivity contribution in [1.82, 2.24) is 24.5 Å². The SMILES string of the molecule is Brc1ccc2c3cccnc3n(-c3ccc(-c4nc(-c5ccccc5)nc(-c5ccccc5)n4)cc3)c2c1. The van der Waals surface area contributed by atoms with Crippen LogP contribution in [0, 0.1) is 0 Å². The summed E-state index contributed by atoms with van der Waals surface area (Å²) in [4.78, 5) is 19.2. The topological polar surface area (TPSA) is 56.5 Å². The van der Waals surface area contributed by atoms with Gasteiger partial charge in [0.05, 0.1) is 5.52 Å². The Morgan fingerprint density at radius 1 is 0.526 bits per heavy atom. The molecule has 0 N–H and O–H groups in total. The van der Waals surface area contributed by atoms with Crippen LogP contribution in [0.3, 0.4) is 0 Å². The number of nitrogens with zero attached hydrogens (tertiary/aromatic N) is 5. The first-order valence-electron chi connectivity index (χ1n) is 12.3. The third kappa shape index (κ3) is 3.96. The molecular weight excluding hydrogens is 534 g/mol. The first-order valence-corrected chi connectivity index (χ1v) is 13.1. The summed E-state index contributed by atoms with van der Waals surface area (Å²) in [5, 5.41) is 2.29. The molecule has 7 aromatic rings. The lowest BCUT2D eigenvalue weighted by molar-refractivity contribution is 1.07. The van der Waals surface area contributed by atoms with E-state index in [0.29, 0.717) is 17.5 Å². The molecule has 38 heavy (non-hydrogen) atoms. The molecular formula is C32H20BrN5. The largest absolute Gasteiger partial charge is 0.294 e. The molecule has 0 atom stereocenters. The Bertz CT molecular complexity index is 1860. The Labute approximate surface area is 227 Å². The zero-order valence-electron chi connectivity index (χ0n) is 20.2. The fourth-order valence-corrected chi connectivity index (χ4v) is 5.12. The van der Waals surface area contributed by atoms with Crippen LogP contribution in [0.5, 0.6) is 0 Å². The Morgan fingerprint density at radius 2 is 1.11 bits per heavy atom. The van der Waals surface area contributed by atoms with E-state index in [4.69, 9.17) is 19.9 Å². The van der Waals surface area contributed by atoms with Crippen molar-refractivity contribution in [1.29, 1.82) is 0 Å². The fourth-order valence-electron chi connectivity index (χ4n) is 4.78. The molecule has 0 aliphatic carbocycles. The van der Waals surface area contributed by atoms with E-state index < -0.39 is 0 Å².